The van der Waals surface area contributed by atoms with Gasteiger partial charge in [-0.2, -0.15) is 4.98 Å². The topological polar surface area (TPSA) is 113 Å². The van der Waals surface area contributed by atoms with Crippen molar-refractivity contribution in [3.8, 4) is 11.5 Å². The van der Waals surface area contributed by atoms with E-state index in [9.17, 15) is 0 Å². The van der Waals surface area contributed by atoms with Gasteiger partial charge in [-0.3, -0.25) is 0 Å². The van der Waals surface area contributed by atoms with E-state index < -0.39 is 0 Å². The van der Waals surface area contributed by atoms with Gasteiger partial charge in [0.1, 0.15) is 23.1 Å². The lowest BCUT2D eigenvalue weighted by Crippen LogP contribution is -2.26. The molecule has 0 aliphatic carbocycles. The van der Waals surface area contributed by atoms with Gasteiger partial charge in [0.05, 0.1) is 0 Å². The molecule has 33 heavy (non-hydrogen) atoms. The summed E-state index contributed by atoms with van der Waals surface area (Å²) in [5.41, 5.74) is 2.92. The molecule has 1 aliphatic heterocycles. The second kappa shape index (κ2) is 9.66. The first-order valence-corrected chi connectivity index (χ1v) is 11.0. The number of aromatic nitrogens is 6. The smallest absolute Gasteiger partial charge is 0.230 e. The first-order chi connectivity index (χ1) is 16.2. The molecule has 5 heterocycles. The Hall–Kier alpha value is -3.98. The number of nitrogens with one attached hydrogen (secondary N) is 3. The molecule has 0 saturated carbocycles. The van der Waals surface area contributed by atoms with Crippen LogP contribution < -0.4 is 16.0 Å². The van der Waals surface area contributed by atoms with E-state index in [1.165, 1.54) is 5.56 Å². The predicted molar refractivity (Wildman–Crippen MR) is 128 cm³/mol. The molecule has 0 bridgehead atoms. The van der Waals surface area contributed by atoms with Crippen LogP contribution in [0.2, 0.25) is 0 Å². The fraction of sp³-hybridized carbons (Fsp3) is 0.250. The average Bonchev–Trinajstić information content (AvgIpc) is 2.85. The monoisotopic (exact) mass is 439 g/mol. The van der Waals surface area contributed by atoms with E-state index >= 15 is 0 Å². The lowest BCUT2D eigenvalue weighted by atomic mass is 9.91. The van der Waals surface area contributed by atoms with Crippen molar-refractivity contribution in [1.82, 2.24) is 35.2 Å². The highest BCUT2D eigenvalue weighted by Crippen LogP contribution is 2.25. The van der Waals surface area contributed by atoms with Crippen molar-refractivity contribution >= 4 is 23.4 Å². The number of anilines is 4. The molecule has 166 valence electrons. The molecule has 0 radical (unpaired) electrons. The highest BCUT2D eigenvalue weighted by atomic mass is 15.2. The van der Waals surface area contributed by atoms with Gasteiger partial charge in [0.15, 0.2) is 5.82 Å². The normalized spacial score (nSPS) is 14.1. The maximum atomic E-state index is 4.56. The summed E-state index contributed by atoms with van der Waals surface area (Å²) in [5, 5.41) is 9.78. The Morgan fingerprint density at radius 1 is 0.788 bits per heavy atom. The van der Waals surface area contributed by atoms with Gasteiger partial charge in [-0.05, 0) is 74.7 Å². The maximum absolute atomic E-state index is 4.56. The number of nitrogens with zero attached hydrogens (tertiary/aromatic N) is 6. The highest BCUT2D eigenvalue weighted by Gasteiger charge is 2.15. The quantitative estimate of drug-likeness (QED) is 0.410. The molecule has 1 aliphatic rings. The van der Waals surface area contributed by atoms with E-state index in [1.807, 2.05) is 37.4 Å². The summed E-state index contributed by atoms with van der Waals surface area (Å²) in [6.45, 7) is 4.07. The lowest BCUT2D eigenvalue weighted by Gasteiger charge is -2.22. The minimum absolute atomic E-state index is 0.455. The van der Waals surface area contributed by atoms with E-state index in [0.717, 1.165) is 37.3 Å². The lowest BCUT2D eigenvalue weighted by molar-refractivity contribution is 0.459. The Bertz CT molecular complexity index is 1220. The van der Waals surface area contributed by atoms with Gasteiger partial charge < -0.3 is 16.0 Å². The first kappa shape index (κ1) is 20.9. The molecule has 9 nitrogen and oxygen atoms in total. The molecule has 1 saturated heterocycles. The molecule has 1 fully saturated rings. The average molecular weight is 440 g/mol. The number of piperidine rings is 1. The Labute approximate surface area is 192 Å². The summed E-state index contributed by atoms with van der Waals surface area (Å²) in [5.74, 6) is 3.52. The predicted octanol–water partition coefficient (Wildman–Crippen LogP) is 3.99. The van der Waals surface area contributed by atoms with Crippen LogP contribution in [0.1, 0.15) is 30.0 Å². The zero-order chi connectivity index (χ0) is 22.5. The largest absolute Gasteiger partial charge is 0.325 e. The third-order valence-corrected chi connectivity index (χ3v) is 5.52. The fourth-order valence-electron chi connectivity index (χ4n) is 3.83. The standard InChI is InChI=1S/C24H25N9/c1-16-3-2-4-19(29-16)23-26-13-9-21(31-23)30-22-10-14-27-24(33-22)32-20-6-5-18(15-28-20)17-7-11-25-12-8-17/h2-6,9-10,13-15,17,25H,7-8,11-12H2,1H3,(H2,26,27,28,30,31,32,33). The highest BCUT2D eigenvalue weighted by molar-refractivity contribution is 5.58. The van der Waals surface area contributed by atoms with E-state index in [2.05, 4.69) is 51.9 Å². The molecular formula is C24H25N9. The van der Waals surface area contributed by atoms with E-state index in [1.54, 1.807) is 24.5 Å². The van der Waals surface area contributed by atoms with Gasteiger partial charge in [-0.25, -0.2) is 24.9 Å². The van der Waals surface area contributed by atoms with Crippen LogP contribution in [0.3, 0.4) is 0 Å². The van der Waals surface area contributed by atoms with Crippen molar-refractivity contribution in [2.24, 2.45) is 0 Å². The fourth-order valence-corrected chi connectivity index (χ4v) is 3.83. The van der Waals surface area contributed by atoms with Crippen LogP contribution in [0.5, 0.6) is 0 Å². The number of aryl methyl sites for hydroxylation is 1. The van der Waals surface area contributed by atoms with E-state index in [4.69, 9.17) is 0 Å². The van der Waals surface area contributed by atoms with Crippen molar-refractivity contribution in [1.29, 1.82) is 0 Å². The van der Waals surface area contributed by atoms with Crippen molar-refractivity contribution < 1.29 is 0 Å². The number of pyridine rings is 2. The first-order valence-electron chi connectivity index (χ1n) is 11.0. The SMILES string of the molecule is Cc1cccc(-c2nccc(Nc3ccnc(Nc4ccc(C5CCNCC5)cn4)n3)n2)n1. The Morgan fingerprint density at radius 2 is 1.61 bits per heavy atom. The van der Waals surface area contributed by atoms with Crippen LogP contribution >= 0.6 is 0 Å². The molecule has 0 atom stereocenters. The molecule has 4 aromatic heterocycles. The van der Waals surface area contributed by atoms with Gasteiger partial charge in [0, 0.05) is 24.3 Å². The van der Waals surface area contributed by atoms with Crippen molar-refractivity contribution in [2.45, 2.75) is 25.7 Å². The second-order valence-corrected chi connectivity index (χ2v) is 7.95. The number of hydrogen-bond acceptors (Lipinski definition) is 9. The van der Waals surface area contributed by atoms with Gasteiger partial charge in [0.25, 0.3) is 0 Å². The molecule has 5 rings (SSSR count). The molecule has 0 spiro atoms. The molecule has 3 N–H and O–H groups in total. The van der Waals surface area contributed by atoms with Gasteiger partial charge in [-0.15, -0.1) is 0 Å². The van der Waals surface area contributed by atoms with Crippen LogP contribution in [-0.2, 0) is 0 Å². The van der Waals surface area contributed by atoms with Crippen molar-refractivity contribution in [3.05, 3.63) is 72.3 Å². The summed E-state index contributed by atoms with van der Waals surface area (Å²) >= 11 is 0. The van der Waals surface area contributed by atoms with E-state index in [-0.39, 0.29) is 0 Å². The summed E-state index contributed by atoms with van der Waals surface area (Å²) in [7, 11) is 0. The van der Waals surface area contributed by atoms with Crippen LogP contribution in [0.4, 0.5) is 23.4 Å². The van der Waals surface area contributed by atoms with E-state index in [0.29, 0.717) is 35.1 Å². The Kier molecular flexibility index (Phi) is 6.12. The Balaban J connectivity index is 1.27. The molecule has 0 unspecified atom stereocenters. The summed E-state index contributed by atoms with van der Waals surface area (Å²) in [6, 6.07) is 13.5. The third-order valence-electron chi connectivity index (χ3n) is 5.52. The summed E-state index contributed by atoms with van der Waals surface area (Å²) in [6.07, 6.45) is 7.63. The van der Waals surface area contributed by atoms with Crippen LogP contribution in [0, 0.1) is 6.92 Å². The number of rotatable bonds is 6. The maximum Gasteiger partial charge on any atom is 0.230 e. The van der Waals surface area contributed by atoms with Crippen LogP contribution in [0.25, 0.3) is 11.5 Å². The zero-order valence-corrected chi connectivity index (χ0v) is 18.4. The number of hydrogen-bond donors (Lipinski definition) is 3. The summed E-state index contributed by atoms with van der Waals surface area (Å²) in [4.78, 5) is 26.8. The van der Waals surface area contributed by atoms with Gasteiger partial charge in [0.2, 0.25) is 5.95 Å². The summed E-state index contributed by atoms with van der Waals surface area (Å²) < 4.78 is 0. The minimum atomic E-state index is 0.455. The van der Waals surface area contributed by atoms with Crippen molar-refractivity contribution in [2.75, 3.05) is 23.7 Å². The second-order valence-electron chi connectivity index (χ2n) is 7.95. The molecule has 0 aromatic carbocycles. The molecule has 0 amide bonds. The van der Waals surface area contributed by atoms with Gasteiger partial charge >= 0.3 is 0 Å². The third kappa shape index (κ3) is 5.27. The minimum Gasteiger partial charge on any atom is -0.325 e. The molecular weight excluding hydrogens is 414 g/mol. The Morgan fingerprint density at radius 3 is 2.39 bits per heavy atom. The molecule has 9 heteroatoms. The molecule has 4 aromatic rings. The van der Waals surface area contributed by atoms with Gasteiger partial charge in [-0.1, -0.05) is 12.1 Å². The van der Waals surface area contributed by atoms with Crippen LogP contribution in [0.15, 0.2) is 61.1 Å². The van der Waals surface area contributed by atoms with Crippen molar-refractivity contribution in [3.63, 3.8) is 0 Å². The van der Waals surface area contributed by atoms with Crippen LogP contribution in [-0.4, -0.2) is 43.0 Å². The zero-order valence-electron chi connectivity index (χ0n) is 18.4.